The molecule has 1 unspecified atom stereocenters. The van der Waals surface area contributed by atoms with Gasteiger partial charge in [-0.05, 0) is 38.0 Å². The van der Waals surface area contributed by atoms with Gasteiger partial charge in [0.2, 0.25) is 0 Å². The Kier molecular flexibility index (Phi) is 4.46. The number of hydrogen-bond donors (Lipinski definition) is 2. The zero-order valence-electron chi connectivity index (χ0n) is 14.6. The number of nitrogens with one attached hydrogen (secondary N) is 1. The second kappa shape index (κ2) is 6.92. The maximum Gasteiger partial charge on any atom is 0.134 e. The van der Waals surface area contributed by atoms with E-state index in [4.69, 9.17) is 4.42 Å². The minimum atomic E-state index is -0.273. The Morgan fingerprint density at radius 3 is 3.08 bits per heavy atom. The first-order valence-corrected chi connectivity index (χ1v) is 8.76. The third-order valence-electron chi connectivity index (χ3n) is 4.96. The molecule has 0 bridgehead atoms. The van der Waals surface area contributed by atoms with E-state index < -0.39 is 0 Å². The lowest BCUT2D eigenvalue weighted by Gasteiger charge is -2.24. The summed E-state index contributed by atoms with van der Waals surface area (Å²) in [5.74, 6) is 1.97. The lowest BCUT2D eigenvalue weighted by molar-refractivity contribution is 0.266. The van der Waals surface area contributed by atoms with Gasteiger partial charge in [0.15, 0.2) is 0 Å². The van der Waals surface area contributed by atoms with Crippen LogP contribution in [0.4, 0.5) is 16.0 Å². The molecular formula is C19H21FN4O2. The Hall–Kier alpha value is -2.67. The molecule has 1 fully saturated rings. The largest absolute Gasteiger partial charge is 0.459 e. The normalized spacial score (nSPS) is 17.2. The summed E-state index contributed by atoms with van der Waals surface area (Å²) < 4.78 is 19.3. The number of halogens is 1. The number of benzene rings is 1. The van der Waals surface area contributed by atoms with Gasteiger partial charge in [-0.15, -0.1) is 0 Å². The van der Waals surface area contributed by atoms with Gasteiger partial charge in [0.05, 0.1) is 19.2 Å². The van der Waals surface area contributed by atoms with Crippen molar-refractivity contribution in [1.29, 1.82) is 0 Å². The van der Waals surface area contributed by atoms with E-state index in [1.54, 1.807) is 6.07 Å². The molecule has 7 heteroatoms. The molecule has 0 spiro atoms. The fourth-order valence-corrected chi connectivity index (χ4v) is 3.51. The zero-order chi connectivity index (χ0) is 18.1. The molecule has 1 aromatic carbocycles. The van der Waals surface area contributed by atoms with Crippen molar-refractivity contribution in [3.05, 3.63) is 47.7 Å². The Morgan fingerprint density at radius 2 is 2.23 bits per heavy atom. The average Bonchev–Trinajstić information content (AvgIpc) is 3.25. The molecule has 0 amide bonds. The van der Waals surface area contributed by atoms with Gasteiger partial charge < -0.3 is 19.7 Å². The molecule has 1 atom stereocenters. The van der Waals surface area contributed by atoms with E-state index in [9.17, 15) is 9.50 Å². The molecule has 1 aliphatic heterocycles. The van der Waals surface area contributed by atoms with Crippen molar-refractivity contribution in [3.8, 4) is 0 Å². The van der Waals surface area contributed by atoms with Crippen molar-refractivity contribution in [2.45, 2.75) is 32.4 Å². The number of hydrogen-bond acceptors (Lipinski definition) is 6. The number of aryl methyl sites for hydroxylation is 1. The van der Waals surface area contributed by atoms with Crippen LogP contribution in [0.2, 0.25) is 0 Å². The number of furan rings is 1. The summed E-state index contributed by atoms with van der Waals surface area (Å²) in [6.45, 7) is 3.38. The predicted octanol–water partition coefficient (Wildman–Crippen LogP) is 3.24. The van der Waals surface area contributed by atoms with Crippen molar-refractivity contribution in [2.24, 2.45) is 0 Å². The molecule has 0 saturated carbocycles. The average molecular weight is 356 g/mol. The Balaban J connectivity index is 1.52. The number of aliphatic hydroxyl groups is 1. The van der Waals surface area contributed by atoms with Crippen LogP contribution in [0.1, 0.15) is 24.2 Å². The van der Waals surface area contributed by atoms with Crippen LogP contribution in [0.15, 0.2) is 35.0 Å². The summed E-state index contributed by atoms with van der Waals surface area (Å²) in [6.07, 6.45) is 3.54. The molecule has 3 aromatic rings. The highest BCUT2D eigenvalue weighted by Gasteiger charge is 2.25. The number of anilines is 2. The smallest absolute Gasteiger partial charge is 0.134 e. The van der Waals surface area contributed by atoms with Gasteiger partial charge in [-0.25, -0.2) is 14.4 Å². The van der Waals surface area contributed by atoms with Crippen LogP contribution >= 0.6 is 0 Å². The second-order valence-corrected chi connectivity index (χ2v) is 6.58. The first-order valence-electron chi connectivity index (χ1n) is 8.76. The van der Waals surface area contributed by atoms with Crippen LogP contribution in [0, 0.1) is 12.7 Å². The molecule has 2 N–H and O–H groups in total. The van der Waals surface area contributed by atoms with Crippen LogP contribution in [-0.4, -0.2) is 34.3 Å². The second-order valence-electron chi connectivity index (χ2n) is 6.58. The topological polar surface area (TPSA) is 74.4 Å². The fraction of sp³-hybridized carbons (Fsp3) is 0.368. The van der Waals surface area contributed by atoms with E-state index in [2.05, 4.69) is 20.2 Å². The molecule has 26 heavy (non-hydrogen) atoms. The first-order chi connectivity index (χ1) is 12.7. The van der Waals surface area contributed by atoms with Gasteiger partial charge in [0.25, 0.3) is 0 Å². The van der Waals surface area contributed by atoms with Crippen molar-refractivity contribution in [1.82, 2.24) is 9.97 Å². The van der Waals surface area contributed by atoms with Crippen LogP contribution in [0.5, 0.6) is 0 Å². The fourth-order valence-electron chi connectivity index (χ4n) is 3.51. The Morgan fingerprint density at radius 1 is 1.35 bits per heavy atom. The molecule has 3 heterocycles. The van der Waals surface area contributed by atoms with Gasteiger partial charge >= 0.3 is 0 Å². The minimum absolute atomic E-state index is 0.116. The lowest BCUT2D eigenvalue weighted by Crippen LogP contribution is -2.32. The number of aromatic nitrogens is 2. The number of fused-ring (bicyclic) bond motifs is 1. The highest BCUT2D eigenvalue weighted by molar-refractivity contribution is 5.82. The summed E-state index contributed by atoms with van der Waals surface area (Å²) >= 11 is 0. The molecular weight excluding hydrogens is 335 g/mol. The van der Waals surface area contributed by atoms with Gasteiger partial charge in [0.1, 0.15) is 35.1 Å². The minimum Gasteiger partial charge on any atom is -0.459 e. The molecule has 1 saturated heterocycles. The molecule has 6 nitrogen and oxygen atoms in total. The highest BCUT2D eigenvalue weighted by atomic mass is 19.1. The molecule has 4 rings (SSSR count). The van der Waals surface area contributed by atoms with Crippen LogP contribution in [-0.2, 0) is 6.54 Å². The van der Waals surface area contributed by atoms with E-state index in [-0.39, 0.29) is 18.5 Å². The van der Waals surface area contributed by atoms with Gasteiger partial charge in [0, 0.05) is 23.6 Å². The zero-order valence-corrected chi connectivity index (χ0v) is 14.6. The number of rotatable bonds is 5. The lowest BCUT2D eigenvalue weighted by atomic mass is 10.1. The standard InChI is InChI=1S/C19H21FN4O2/c1-12-15-7-13(20)4-5-16(15)26-17(12)9-21-18-8-19(23-11-22-18)24-6-2-3-14(24)10-25/h4-5,7-8,11,14,25H,2-3,6,9-10H2,1H3,(H,21,22,23). The molecule has 136 valence electrons. The highest BCUT2D eigenvalue weighted by Crippen LogP contribution is 2.27. The predicted molar refractivity (Wildman–Crippen MR) is 97.7 cm³/mol. The maximum atomic E-state index is 13.4. The first kappa shape index (κ1) is 16.8. The van der Waals surface area contributed by atoms with E-state index in [0.717, 1.165) is 41.9 Å². The third kappa shape index (κ3) is 3.10. The summed E-state index contributed by atoms with van der Waals surface area (Å²) in [6, 6.07) is 6.53. The summed E-state index contributed by atoms with van der Waals surface area (Å²) in [4.78, 5) is 10.7. The van der Waals surface area contributed by atoms with E-state index in [0.29, 0.717) is 17.9 Å². The molecule has 2 aromatic heterocycles. The van der Waals surface area contributed by atoms with Crippen LogP contribution < -0.4 is 10.2 Å². The number of nitrogens with zero attached hydrogens (tertiary/aromatic N) is 3. The maximum absolute atomic E-state index is 13.4. The van der Waals surface area contributed by atoms with Crippen molar-refractivity contribution in [2.75, 3.05) is 23.4 Å². The Bertz CT molecular complexity index is 927. The van der Waals surface area contributed by atoms with Gasteiger partial charge in [-0.3, -0.25) is 0 Å². The summed E-state index contributed by atoms with van der Waals surface area (Å²) in [5.41, 5.74) is 1.59. The summed E-state index contributed by atoms with van der Waals surface area (Å²) in [5, 5.41) is 13.5. The van der Waals surface area contributed by atoms with Crippen LogP contribution in [0.3, 0.4) is 0 Å². The van der Waals surface area contributed by atoms with Crippen molar-refractivity contribution >= 4 is 22.6 Å². The van der Waals surface area contributed by atoms with E-state index in [1.165, 1.54) is 18.5 Å². The quantitative estimate of drug-likeness (QED) is 0.731. The molecule has 0 radical (unpaired) electrons. The van der Waals surface area contributed by atoms with Crippen molar-refractivity contribution in [3.63, 3.8) is 0 Å². The SMILES string of the molecule is Cc1c(CNc2cc(N3CCCC3CO)ncn2)oc2ccc(F)cc12. The summed E-state index contributed by atoms with van der Waals surface area (Å²) in [7, 11) is 0. The molecule has 0 aliphatic carbocycles. The van der Waals surface area contributed by atoms with E-state index in [1.807, 2.05) is 13.0 Å². The van der Waals surface area contributed by atoms with Gasteiger partial charge in [-0.1, -0.05) is 0 Å². The molecule has 1 aliphatic rings. The van der Waals surface area contributed by atoms with Gasteiger partial charge in [-0.2, -0.15) is 0 Å². The monoisotopic (exact) mass is 356 g/mol. The van der Waals surface area contributed by atoms with Crippen LogP contribution in [0.25, 0.3) is 11.0 Å². The van der Waals surface area contributed by atoms with Crippen molar-refractivity contribution < 1.29 is 13.9 Å². The third-order valence-corrected chi connectivity index (χ3v) is 4.96. The van der Waals surface area contributed by atoms with E-state index >= 15 is 0 Å². The number of aliphatic hydroxyl groups excluding tert-OH is 1. The Labute approximate surface area is 150 Å².